The molecule has 0 saturated carbocycles. The van der Waals surface area contributed by atoms with Crippen LogP contribution in [0.3, 0.4) is 0 Å². The molecule has 1 amide bonds. The van der Waals surface area contributed by atoms with Gasteiger partial charge in [-0.15, -0.1) is 0 Å². The number of ether oxygens (including phenoxy) is 1. The summed E-state index contributed by atoms with van der Waals surface area (Å²) in [5, 5.41) is 4.00. The second-order valence-corrected chi connectivity index (χ2v) is 7.81. The van der Waals surface area contributed by atoms with Gasteiger partial charge in [0.2, 0.25) is 0 Å². The second-order valence-electron chi connectivity index (χ2n) is 7.81. The first-order chi connectivity index (χ1) is 10.7. The highest BCUT2D eigenvalue weighted by Gasteiger charge is 2.45. The van der Waals surface area contributed by atoms with Gasteiger partial charge < -0.3 is 14.2 Å². The maximum Gasteiger partial charge on any atom is 0.410 e. The summed E-state index contributed by atoms with van der Waals surface area (Å²) in [6, 6.07) is 0. The maximum absolute atomic E-state index is 12.4. The molecule has 1 aliphatic carbocycles. The molecule has 0 aromatic carbocycles. The van der Waals surface area contributed by atoms with Crippen molar-refractivity contribution in [1.29, 1.82) is 0 Å². The van der Waals surface area contributed by atoms with Crippen molar-refractivity contribution >= 4 is 6.09 Å². The van der Waals surface area contributed by atoms with E-state index in [-0.39, 0.29) is 11.5 Å². The molecule has 2 atom stereocenters. The van der Waals surface area contributed by atoms with E-state index < -0.39 is 5.60 Å². The van der Waals surface area contributed by atoms with E-state index in [0.717, 1.165) is 18.6 Å². The van der Waals surface area contributed by atoms with Crippen molar-refractivity contribution in [2.45, 2.75) is 58.5 Å². The molecule has 0 fully saturated rings. The van der Waals surface area contributed by atoms with E-state index >= 15 is 0 Å². The van der Waals surface area contributed by atoms with Crippen LogP contribution in [0.15, 0.2) is 22.4 Å². The van der Waals surface area contributed by atoms with E-state index in [9.17, 15) is 4.79 Å². The van der Waals surface area contributed by atoms with Gasteiger partial charge in [-0.25, -0.2) is 4.79 Å². The first-order valence-electron chi connectivity index (χ1n) is 8.37. The molecule has 5 heteroatoms. The van der Waals surface area contributed by atoms with Crippen molar-refractivity contribution in [3.05, 3.63) is 29.2 Å². The Kier molecular flexibility index (Phi) is 3.77. The molecular weight excluding hydrogens is 292 g/mol. The molecule has 1 aromatic heterocycles. The molecule has 1 aromatic rings. The van der Waals surface area contributed by atoms with Gasteiger partial charge in [-0.3, -0.25) is 0 Å². The lowest BCUT2D eigenvalue weighted by atomic mass is 9.64. The Bertz CT molecular complexity index is 641. The zero-order chi connectivity index (χ0) is 16.8. The number of hydrogen-bond donors (Lipinski definition) is 0. The van der Waals surface area contributed by atoms with Crippen molar-refractivity contribution in [3.63, 3.8) is 0 Å². The fourth-order valence-corrected chi connectivity index (χ4v) is 3.76. The van der Waals surface area contributed by atoms with Gasteiger partial charge in [-0.2, -0.15) is 0 Å². The third-order valence-corrected chi connectivity index (χ3v) is 5.02. The predicted molar refractivity (Wildman–Crippen MR) is 87.2 cm³/mol. The van der Waals surface area contributed by atoms with Crippen LogP contribution in [0.4, 0.5) is 4.79 Å². The highest BCUT2D eigenvalue weighted by Crippen LogP contribution is 2.47. The van der Waals surface area contributed by atoms with Crippen molar-refractivity contribution < 1.29 is 14.1 Å². The predicted octanol–water partition coefficient (Wildman–Crippen LogP) is 3.69. The van der Waals surface area contributed by atoms with Gasteiger partial charge in [-0.1, -0.05) is 23.7 Å². The van der Waals surface area contributed by atoms with Crippen LogP contribution in [0, 0.1) is 5.92 Å². The molecule has 126 valence electrons. The van der Waals surface area contributed by atoms with Gasteiger partial charge in [0, 0.05) is 30.0 Å². The van der Waals surface area contributed by atoms with E-state index in [2.05, 4.69) is 25.1 Å². The van der Waals surface area contributed by atoms with Crippen molar-refractivity contribution in [2.75, 3.05) is 13.1 Å². The molecule has 3 rings (SSSR count). The van der Waals surface area contributed by atoms with E-state index in [4.69, 9.17) is 9.26 Å². The van der Waals surface area contributed by atoms with Crippen LogP contribution in [-0.4, -0.2) is 34.8 Å². The Balaban J connectivity index is 1.86. The highest BCUT2D eigenvalue weighted by atomic mass is 16.6. The van der Waals surface area contributed by atoms with Gasteiger partial charge in [0.05, 0.1) is 6.20 Å². The van der Waals surface area contributed by atoms with Gasteiger partial charge in [0.1, 0.15) is 11.4 Å². The lowest BCUT2D eigenvalue weighted by Gasteiger charge is -2.43. The van der Waals surface area contributed by atoms with Crippen molar-refractivity contribution in [2.24, 2.45) is 5.92 Å². The zero-order valence-corrected chi connectivity index (χ0v) is 14.7. The molecule has 0 bridgehead atoms. The van der Waals surface area contributed by atoms with E-state index in [1.54, 1.807) is 4.90 Å². The number of nitrogens with zero attached hydrogens (tertiary/aromatic N) is 2. The second kappa shape index (κ2) is 5.39. The van der Waals surface area contributed by atoms with E-state index in [1.807, 2.05) is 27.0 Å². The maximum atomic E-state index is 12.4. The quantitative estimate of drug-likeness (QED) is 0.741. The number of carbonyl (C=O) groups excluding carboxylic acids is 1. The van der Waals surface area contributed by atoms with Crippen molar-refractivity contribution in [1.82, 2.24) is 10.1 Å². The van der Waals surface area contributed by atoms with Gasteiger partial charge in [-0.05, 0) is 40.5 Å². The van der Waals surface area contributed by atoms with Crippen LogP contribution in [0.25, 0.3) is 0 Å². The first kappa shape index (κ1) is 16.1. The molecule has 0 radical (unpaired) electrons. The van der Waals surface area contributed by atoms with Crippen LogP contribution >= 0.6 is 0 Å². The van der Waals surface area contributed by atoms with Crippen molar-refractivity contribution in [3.8, 4) is 0 Å². The molecule has 1 aliphatic heterocycles. The molecule has 0 N–H and O–H groups in total. The standard InChI is InChI=1S/C18H26N2O3/c1-6-18(5)14-7-8-20(16(21)22-17(2,3)4)11-13(14)9-12-10-19-23-15(12)18/h7,10,13H,6,8-9,11H2,1-5H3. The lowest BCUT2D eigenvalue weighted by Crippen LogP contribution is -2.47. The Morgan fingerprint density at radius 3 is 2.91 bits per heavy atom. The molecule has 2 unspecified atom stereocenters. The number of aromatic nitrogens is 1. The topological polar surface area (TPSA) is 55.6 Å². The normalized spacial score (nSPS) is 27.1. The highest BCUT2D eigenvalue weighted by molar-refractivity contribution is 5.69. The van der Waals surface area contributed by atoms with Crippen LogP contribution in [-0.2, 0) is 16.6 Å². The van der Waals surface area contributed by atoms with Crippen LogP contribution in [0.2, 0.25) is 0 Å². The lowest BCUT2D eigenvalue weighted by molar-refractivity contribution is 0.0230. The first-order valence-corrected chi connectivity index (χ1v) is 8.37. The summed E-state index contributed by atoms with van der Waals surface area (Å²) in [5.74, 6) is 1.31. The number of amides is 1. The summed E-state index contributed by atoms with van der Waals surface area (Å²) < 4.78 is 11.1. The zero-order valence-electron chi connectivity index (χ0n) is 14.7. The van der Waals surface area contributed by atoms with Gasteiger partial charge in [0.15, 0.2) is 0 Å². The summed E-state index contributed by atoms with van der Waals surface area (Å²) in [6.45, 7) is 11.4. The number of hydrogen-bond acceptors (Lipinski definition) is 4. The average Bonchev–Trinajstić information content (AvgIpc) is 2.94. The molecule has 5 nitrogen and oxygen atoms in total. The summed E-state index contributed by atoms with van der Waals surface area (Å²) in [6.07, 6.45) is 5.62. The summed E-state index contributed by atoms with van der Waals surface area (Å²) in [4.78, 5) is 14.2. The van der Waals surface area contributed by atoms with E-state index in [1.165, 1.54) is 11.1 Å². The Labute approximate surface area is 137 Å². The minimum absolute atomic E-state index is 0.116. The summed E-state index contributed by atoms with van der Waals surface area (Å²) in [5.41, 5.74) is 1.97. The Morgan fingerprint density at radius 2 is 2.26 bits per heavy atom. The smallest absolute Gasteiger partial charge is 0.410 e. The third kappa shape index (κ3) is 2.77. The number of fused-ring (bicyclic) bond motifs is 2. The largest absolute Gasteiger partial charge is 0.444 e. The third-order valence-electron chi connectivity index (χ3n) is 5.02. The van der Waals surface area contributed by atoms with Crippen LogP contribution in [0.1, 0.15) is 52.4 Å². The molecule has 0 spiro atoms. The van der Waals surface area contributed by atoms with Gasteiger partial charge >= 0.3 is 6.09 Å². The molecule has 2 heterocycles. The summed E-state index contributed by atoms with van der Waals surface area (Å²) in [7, 11) is 0. The monoisotopic (exact) mass is 318 g/mol. The van der Waals surface area contributed by atoms with Crippen LogP contribution < -0.4 is 0 Å². The fourth-order valence-electron chi connectivity index (χ4n) is 3.76. The molecular formula is C18H26N2O3. The SMILES string of the molecule is CCC1(C)C2=CCN(C(=O)OC(C)(C)C)CC2Cc2cnoc21. The Morgan fingerprint density at radius 1 is 1.52 bits per heavy atom. The molecule has 23 heavy (non-hydrogen) atoms. The number of carbonyl (C=O) groups is 1. The van der Waals surface area contributed by atoms with E-state index in [0.29, 0.717) is 19.0 Å². The fraction of sp³-hybridized carbons (Fsp3) is 0.667. The number of rotatable bonds is 1. The Hall–Kier alpha value is -1.78. The minimum Gasteiger partial charge on any atom is -0.444 e. The minimum atomic E-state index is -0.465. The van der Waals surface area contributed by atoms with Gasteiger partial charge in [0.25, 0.3) is 0 Å². The molecule has 0 saturated heterocycles. The van der Waals surface area contributed by atoms with Crippen LogP contribution in [0.5, 0.6) is 0 Å². The average molecular weight is 318 g/mol. The summed E-state index contributed by atoms with van der Waals surface area (Å²) >= 11 is 0. The molecule has 2 aliphatic rings.